The van der Waals surface area contributed by atoms with E-state index in [2.05, 4.69) is 45.8 Å². The highest BCUT2D eigenvalue weighted by Gasteiger charge is 2.81. The number of nitrogens with zero attached hydrogens (tertiary/aromatic N) is 1. The van der Waals surface area contributed by atoms with Crippen molar-refractivity contribution >= 4 is 5.71 Å². The standard InChI is InChI=1S/C23H25NO4/c1-20(2,3)23-21(4,5)13-26-22(23,27-28-23)14-10-11-16-15-8-6-7-9-17(15)19(24-25)18(16)12-14/h6-12,25H,13H2,1-5H3/b24-19+. The van der Waals surface area contributed by atoms with Gasteiger partial charge in [-0.15, -0.1) is 0 Å². The van der Waals surface area contributed by atoms with Crippen LogP contribution in [-0.2, 0) is 20.3 Å². The molecule has 146 valence electrons. The SMILES string of the molecule is CC(C)(C)C12OOC1(c1ccc3c(c1)/C(=N/O)c1ccccc1-3)OCC2(C)C. The van der Waals surface area contributed by atoms with Crippen LogP contribution in [0.2, 0.25) is 0 Å². The molecule has 2 heterocycles. The number of oxime groups is 1. The Morgan fingerprint density at radius 1 is 0.929 bits per heavy atom. The molecule has 2 aromatic carbocycles. The van der Waals surface area contributed by atoms with Gasteiger partial charge in [0.05, 0.1) is 6.61 Å². The van der Waals surface area contributed by atoms with E-state index in [1.54, 1.807) is 0 Å². The molecule has 0 aromatic heterocycles. The van der Waals surface area contributed by atoms with Gasteiger partial charge in [-0.2, -0.15) is 4.89 Å². The second kappa shape index (κ2) is 5.23. The van der Waals surface area contributed by atoms with Crippen LogP contribution in [0, 0.1) is 10.8 Å². The van der Waals surface area contributed by atoms with Crippen molar-refractivity contribution in [2.75, 3.05) is 6.61 Å². The van der Waals surface area contributed by atoms with Gasteiger partial charge in [-0.25, -0.2) is 4.89 Å². The summed E-state index contributed by atoms with van der Waals surface area (Å²) in [6, 6.07) is 14.1. The molecule has 2 unspecified atom stereocenters. The maximum absolute atomic E-state index is 9.71. The molecule has 5 rings (SSSR count). The Morgan fingerprint density at radius 2 is 1.61 bits per heavy atom. The first-order chi connectivity index (χ1) is 13.2. The lowest BCUT2D eigenvalue weighted by atomic mass is 9.57. The van der Waals surface area contributed by atoms with Gasteiger partial charge < -0.3 is 9.94 Å². The number of fused-ring (bicyclic) bond motifs is 4. The summed E-state index contributed by atoms with van der Waals surface area (Å²) in [5.41, 5.74) is 4.27. The minimum atomic E-state index is -0.987. The molecule has 3 aliphatic rings. The molecular weight excluding hydrogens is 354 g/mol. The third-order valence-electron chi connectivity index (χ3n) is 6.62. The highest BCUT2D eigenvalue weighted by Crippen LogP contribution is 2.69. The number of rotatable bonds is 1. The summed E-state index contributed by atoms with van der Waals surface area (Å²) in [6.45, 7) is 11.3. The van der Waals surface area contributed by atoms with Gasteiger partial charge in [-0.05, 0) is 17.2 Å². The van der Waals surface area contributed by atoms with Gasteiger partial charge in [0.25, 0.3) is 5.79 Å². The van der Waals surface area contributed by atoms with Crippen LogP contribution in [0.1, 0.15) is 51.3 Å². The van der Waals surface area contributed by atoms with E-state index in [-0.39, 0.29) is 10.8 Å². The van der Waals surface area contributed by atoms with Crippen molar-refractivity contribution in [2.45, 2.75) is 46.0 Å². The lowest BCUT2D eigenvalue weighted by Crippen LogP contribution is -2.73. The van der Waals surface area contributed by atoms with E-state index in [1.165, 1.54) is 0 Å². The predicted octanol–water partition coefficient (Wildman–Crippen LogP) is 4.85. The minimum absolute atomic E-state index is 0.221. The zero-order valence-corrected chi connectivity index (χ0v) is 16.9. The first-order valence-corrected chi connectivity index (χ1v) is 9.66. The molecule has 5 heteroatoms. The molecule has 2 atom stereocenters. The van der Waals surface area contributed by atoms with E-state index in [0.717, 1.165) is 27.8 Å². The summed E-state index contributed by atoms with van der Waals surface area (Å²) >= 11 is 0. The van der Waals surface area contributed by atoms with Gasteiger partial charge in [-0.1, -0.05) is 76.2 Å². The Balaban J connectivity index is 1.70. The summed E-state index contributed by atoms with van der Waals surface area (Å²) in [4.78, 5) is 11.7. The minimum Gasteiger partial charge on any atom is -0.410 e. The van der Waals surface area contributed by atoms with Crippen LogP contribution >= 0.6 is 0 Å². The highest BCUT2D eigenvalue weighted by atomic mass is 17.3. The second-order valence-corrected chi connectivity index (χ2v) is 9.64. The third-order valence-corrected chi connectivity index (χ3v) is 6.62. The summed E-state index contributed by atoms with van der Waals surface area (Å²) in [5.74, 6) is -0.987. The van der Waals surface area contributed by atoms with E-state index in [0.29, 0.717) is 12.3 Å². The van der Waals surface area contributed by atoms with Gasteiger partial charge in [0.2, 0.25) is 0 Å². The first kappa shape index (κ1) is 17.9. The van der Waals surface area contributed by atoms with Crippen LogP contribution in [0.25, 0.3) is 11.1 Å². The largest absolute Gasteiger partial charge is 0.410 e. The molecule has 0 spiro atoms. The lowest BCUT2D eigenvalue weighted by molar-refractivity contribution is -0.626. The quantitative estimate of drug-likeness (QED) is 0.373. The highest BCUT2D eigenvalue weighted by molar-refractivity contribution is 6.24. The van der Waals surface area contributed by atoms with Crippen molar-refractivity contribution in [3.05, 3.63) is 59.2 Å². The van der Waals surface area contributed by atoms with Gasteiger partial charge in [-0.3, -0.25) is 0 Å². The molecule has 1 aliphatic carbocycles. The van der Waals surface area contributed by atoms with Crippen LogP contribution in [0.3, 0.4) is 0 Å². The van der Waals surface area contributed by atoms with Gasteiger partial charge in [0.1, 0.15) is 5.71 Å². The molecule has 0 saturated carbocycles. The molecule has 1 N–H and O–H groups in total. The fourth-order valence-electron chi connectivity index (χ4n) is 5.59. The molecule has 0 radical (unpaired) electrons. The van der Waals surface area contributed by atoms with Crippen LogP contribution in [-0.4, -0.2) is 23.1 Å². The Kier molecular flexibility index (Phi) is 3.34. The van der Waals surface area contributed by atoms with Crippen molar-refractivity contribution in [3.63, 3.8) is 0 Å². The summed E-state index contributed by atoms with van der Waals surface area (Å²) in [6.07, 6.45) is 0. The molecular formula is C23H25NO4. The van der Waals surface area contributed by atoms with Gasteiger partial charge >= 0.3 is 0 Å². The van der Waals surface area contributed by atoms with E-state index in [1.807, 2.05) is 36.4 Å². The van der Waals surface area contributed by atoms with Crippen molar-refractivity contribution in [3.8, 4) is 11.1 Å². The topological polar surface area (TPSA) is 60.3 Å². The first-order valence-electron chi connectivity index (χ1n) is 9.66. The molecule has 2 aliphatic heterocycles. The Labute approximate surface area is 164 Å². The van der Waals surface area contributed by atoms with E-state index in [9.17, 15) is 5.21 Å². The summed E-state index contributed by atoms with van der Waals surface area (Å²) < 4.78 is 6.33. The van der Waals surface area contributed by atoms with Crippen LogP contribution in [0.15, 0.2) is 47.6 Å². The van der Waals surface area contributed by atoms with Crippen molar-refractivity contribution in [2.24, 2.45) is 16.0 Å². The molecule has 28 heavy (non-hydrogen) atoms. The van der Waals surface area contributed by atoms with Crippen LogP contribution in [0.5, 0.6) is 0 Å². The summed E-state index contributed by atoms with van der Waals surface area (Å²) in [5, 5.41) is 13.3. The zero-order chi connectivity index (χ0) is 19.9. The molecule has 0 bridgehead atoms. The van der Waals surface area contributed by atoms with E-state index < -0.39 is 11.4 Å². The lowest BCUT2D eigenvalue weighted by Gasteiger charge is -2.61. The van der Waals surface area contributed by atoms with Crippen molar-refractivity contribution in [1.29, 1.82) is 0 Å². The fourth-order valence-corrected chi connectivity index (χ4v) is 5.59. The van der Waals surface area contributed by atoms with E-state index >= 15 is 0 Å². The van der Waals surface area contributed by atoms with Crippen molar-refractivity contribution < 1.29 is 19.7 Å². The number of benzene rings is 2. The number of ether oxygens (including phenoxy) is 1. The number of hydrogen-bond acceptors (Lipinski definition) is 5. The Hall–Kier alpha value is -2.21. The smallest absolute Gasteiger partial charge is 0.261 e. The Morgan fingerprint density at radius 3 is 2.21 bits per heavy atom. The maximum atomic E-state index is 9.71. The van der Waals surface area contributed by atoms with E-state index in [4.69, 9.17) is 14.5 Å². The average Bonchev–Trinajstić information content (AvgIpc) is 3.00. The van der Waals surface area contributed by atoms with Crippen LogP contribution in [0.4, 0.5) is 0 Å². The average molecular weight is 379 g/mol. The second-order valence-electron chi connectivity index (χ2n) is 9.64. The van der Waals surface area contributed by atoms with Gasteiger partial charge in [0, 0.05) is 27.5 Å². The predicted molar refractivity (Wildman–Crippen MR) is 105 cm³/mol. The van der Waals surface area contributed by atoms with Crippen molar-refractivity contribution in [1.82, 2.24) is 0 Å². The third kappa shape index (κ3) is 1.80. The Bertz CT molecular complexity index is 1020. The molecule has 5 nitrogen and oxygen atoms in total. The normalized spacial score (nSPS) is 31.2. The summed E-state index contributed by atoms with van der Waals surface area (Å²) in [7, 11) is 0. The maximum Gasteiger partial charge on any atom is 0.261 e. The molecule has 2 aromatic rings. The zero-order valence-electron chi connectivity index (χ0n) is 16.9. The van der Waals surface area contributed by atoms with Crippen LogP contribution < -0.4 is 0 Å². The molecule has 2 saturated heterocycles. The fraction of sp³-hybridized carbons (Fsp3) is 0.435. The number of hydrogen-bond donors (Lipinski definition) is 1. The molecule has 0 amide bonds. The molecule has 2 fully saturated rings. The van der Waals surface area contributed by atoms with Gasteiger partial charge in [0.15, 0.2) is 5.60 Å². The monoisotopic (exact) mass is 379 g/mol.